The number of carbonyl (C=O) groups is 7. The molecule has 0 spiro atoms. The van der Waals surface area contributed by atoms with Crippen molar-refractivity contribution in [2.45, 2.75) is 113 Å². The van der Waals surface area contributed by atoms with Crippen LogP contribution < -0.4 is 48.7 Å². The number of aliphatic hydroxyl groups excluding tert-OH is 3. The first-order valence-electron chi connectivity index (χ1n) is 23.5. The number of hydrogen-bond acceptors (Lipinski definition) is 14. The number of nitrogens with two attached hydrogens (primary N) is 2. The van der Waals surface area contributed by atoms with Crippen LogP contribution in [0, 0.1) is 0 Å². The predicted octanol–water partition coefficient (Wildman–Crippen LogP) is -0.805. The monoisotopic (exact) mass is 1030 g/mol. The highest BCUT2D eigenvalue weighted by Crippen LogP contribution is 2.24. The average Bonchev–Trinajstić information content (AvgIpc) is 3.76. The minimum Gasteiger partial charge on any atom is -0.394 e. The summed E-state index contributed by atoms with van der Waals surface area (Å²) in [5.74, 6) is -6.01. The molecule has 5 rings (SSSR count). The summed E-state index contributed by atoms with van der Waals surface area (Å²) < 4.78 is 0. The second-order valence-electron chi connectivity index (χ2n) is 17.5. The average molecular weight is 1030 g/mol. The Morgan fingerprint density at radius 3 is 1.96 bits per heavy atom. The van der Waals surface area contributed by atoms with E-state index in [2.05, 4.69) is 42.2 Å². The Balaban J connectivity index is 1.56. The summed E-state index contributed by atoms with van der Waals surface area (Å²) in [6, 6.07) is 14.6. The van der Waals surface area contributed by atoms with Crippen molar-refractivity contribution in [2.24, 2.45) is 11.5 Å². The first-order valence-corrected chi connectivity index (χ1v) is 26.0. The van der Waals surface area contributed by atoms with Crippen LogP contribution in [0.1, 0.15) is 49.8 Å². The molecule has 384 valence electrons. The van der Waals surface area contributed by atoms with E-state index < -0.39 is 108 Å². The summed E-state index contributed by atoms with van der Waals surface area (Å²) in [4.78, 5) is 103. The molecule has 3 aromatic carbocycles. The Morgan fingerprint density at radius 1 is 0.718 bits per heavy atom. The first-order chi connectivity index (χ1) is 34.1. The molecule has 0 saturated carbocycles. The van der Waals surface area contributed by atoms with E-state index in [0.717, 1.165) is 38.1 Å². The predicted molar refractivity (Wildman–Crippen MR) is 272 cm³/mol. The Bertz CT molecular complexity index is 2400. The Labute approximate surface area is 420 Å². The van der Waals surface area contributed by atoms with Gasteiger partial charge in [0.2, 0.25) is 41.4 Å². The van der Waals surface area contributed by atoms with Gasteiger partial charge >= 0.3 is 0 Å². The van der Waals surface area contributed by atoms with Gasteiger partial charge in [-0.3, -0.25) is 33.6 Å². The van der Waals surface area contributed by atoms with E-state index >= 15 is 0 Å². The van der Waals surface area contributed by atoms with E-state index in [1.165, 1.54) is 13.8 Å². The summed E-state index contributed by atoms with van der Waals surface area (Å²) in [7, 11) is 2.06. The summed E-state index contributed by atoms with van der Waals surface area (Å²) in [5, 5.41) is 50.5. The molecule has 7 amide bonds. The zero-order valence-electron chi connectivity index (χ0n) is 39.7. The van der Waals surface area contributed by atoms with E-state index in [4.69, 9.17) is 11.5 Å². The third-order valence-corrected chi connectivity index (χ3v) is 14.3. The fourth-order valence-corrected chi connectivity index (χ4v) is 10.1. The quantitative estimate of drug-likeness (QED) is 0.0267. The largest absolute Gasteiger partial charge is 0.394 e. The molecule has 0 aliphatic carbocycles. The number of H-pyrrole nitrogens is 1. The molecule has 22 heteroatoms. The van der Waals surface area contributed by atoms with Crippen molar-refractivity contribution in [3.05, 3.63) is 108 Å². The molecule has 1 saturated heterocycles. The lowest BCUT2D eigenvalue weighted by Crippen LogP contribution is -2.62. The normalized spacial score (nSPS) is 22.8. The molecule has 20 nitrogen and oxygen atoms in total. The van der Waals surface area contributed by atoms with Crippen molar-refractivity contribution in [3.63, 3.8) is 0 Å². The van der Waals surface area contributed by atoms with E-state index in [-0.39, 0.29) is 43.7 Å². The van der Waals surface area contributed by atoms with Gasteiger partial charge in [-0.25, -0.2) is 0 Å². The lowest BCUT2D eigenvalue weighted by molar-refractivity contribution is -0.136. The van der Waals surface area contributed by atoms with E-state index in [1.807, 2.05) is 30.3 Å². The number of carbonyl (C=O) groups excluding carboxylic acids is 7. The maximum absolute atomic E-state index is 14.7. The van der Waals surface area contributed by atoms with Gasteiger partial charge in [-0.2, -0.15) is 0 Å². The molecule has 0 bridgehead atoms. The third kappa shape index (κ3) is 17.1. The standard InChI is InChI=1S/C49H66N10O10S2/c1-28(61)39(25-60)56-48(68)41-27-71-70-26-40(57-43(63)34(51)21-30-13-5-3-6-14-30)47(67)54-37(22-31-15-7-4-8-16-31)45(65)55-38(23-32-24-52-35-18-10-9-17-33(32)35)46(66)53-36(19-11-12-20-50)44(64)59-42(29(2)62)49(69)58-41/h3-10,13-18,24,28-29,34,36-42,52,60-62H,11-12,19-23,25-27,50-51H2,1-2H3,(H,53,66)(H,54,67)(H,55,65)(H,56,68)(H,57,63)(H,58,69)(H,59,64)/t28-,29-,34-,36+,37+,38-,39-,40+,41+,42+/m1/s1/i4+1,7+1,8+1,15+1,16+1,22+1,31+1,37+1,45+1,54+1. The molecule has 2 heterocycles. The van der Waals surface area contributed by atoms with Crippen molar-refractivity contribution in [3.8, 4) is 0 Å². The van der Waals surface area contributed by atoms with Gasteiger partial charge in [-0.1, -0.05) is 100 Å². The van der Waals surface area contributed by atoms with Crippen molar-refractivity contribution in [1.29, 1.82) is 0 Å². The number of hydrogen-bond donors (Lipinski definition) is 13. The van der Waals surface area contributed by atoms with Crippen molar-refractivity contribution >= 4 is 73.8 Å². The first kappa shape index (κ1) is 55.9. The lowest BCUT2D eigenvalue weighted by atomic mass is 10.0. The number of aromatic nitrogens is 1. The maximum Gasteiger partial charge on any atom is 0.245 e. The van der Waals surface area contributed by atoms with E-state index in [1.54, 1.807) is 60.8 Å². The maximum atomic E-state index is 14.7. The number of aliphatic hydroxyl groups is 3. The number of para-hydroxylation sites is 1. The van der Waals surface area contributed by atoms with Crippen LogP contribution in [0.3, 0.4) is 0 Å². The molecule has 1 fully saturated rings. The second-order valence-corrected chi connectivity index (χ2v) is 20.0. The molecular formula is C49H66N10O10S2. The van der Waals surface area contributed by atoms with Gasteiger partial charge in [-0.05, 0) is 68.8 Å². The van der Waals surface area contributed by atoms with Crippen LogP contribution >= 0.6 is 21.6 Å². The zero-order chi connectivity index (χ0) is 51.5. The minimum atomic E-state index is -1.66. The zero-order valence-corrected chi connectivity index (χ0v) is 41.3. The van der Waals surface area contributed by atoms with Crippen LogP contribution in [0.2, 0.25) is 0 Å². The number of benzene rings is 3. The minimum absolute atomic E-state index is 0.0340. The van der Waals surface area contributed by atoms with Crippen LogP contribution in [0.5, 0.6) is 0 Å². The van der Waals surface area contributed by atoms with E-state index in [9.17, 15) is 48.9 Å². The van der Waals surface area contributed by atoms with Gasteiger partial charge < -0.3 is 69.0 Å². The third-order valence-electron chi connectivity index (χ3n) is 11.9. The van der Waals surface area contributed by atoms with Crippen LogP contribution in [-0.2, 0) is 52.8 Å². The molecule has 4 aromatic rings. The molecule has 15 N–H and O–H groups in total. The Hall–Kier alpha value is -6.01. The van der Waals surface area contributed by atoms with Crippen molar-refractivity contribution < 1.29 is 48.9 Å². The van der Waals surface area contributed by atoms with Crippen LogP contribution in [0.25, 0.3) is 10.9 Å². The summed E-state index contributed by atoms with van der Waals surface area (Å²) in [5.41, 5.74) is 15.0. The van der Waals surface area contributed by atoms with Crippen molar-refractivity contribution in [2.75, 3.05) is 24.7 Å². The van der Waals surface area contributed by atoms with Crippen molar-refractivity contribution in [1.82, 2.24) is 42.2 Å². The highest BCUT2D eigenvalue weighted by atomic mass is 33.1. The summed E-state index contributed by atoms with van der Waals surface area (Å²) in [6.07, 6.45) is -0.156. The fraction of sp³-hybridized carbons (Fsp3) is 0.449. The highest BCUT2D eigenvalue weighted by molar-refractivity contribution is 8.76. The molecule has 0 radical (unpaired) electrons. The van der Waals surface area contributed by atoms with Gasteiger partial charge in [0.25, 0.3) is 0 Å². The number of nitrogens with one attached hydrogen (secondary N) is 8. The molecule has 71 heavy (non-hydrogen) atoms. The number of fused-ring (bicyclic) bond motifs is 1. The number of aromatic amines is 1. The Morgan fingerprint density at radius 2 is 1.31 bits per heavy atom. The van der Waals surface area contributed by atoms with Gasteiger partial charge in [0, 0.05) is 41.4 Å². The van der Waals surface area contributed by atoms with Crippen LogP contribution in [0.4, 0.5) is 0 Å². The molecule has 1 aliphatic rings. The molecule has 0 unspecified atom stereocenters. The molecule has 1 aromatic heterocycles. The number of amides is 7. The van der Waals surface area contributed by atoms with Gasteiger partial charge in [-0.15, -0.1) is 0 Å². The molecule has 1 aliphatic heterocycles. The smallest absolute Gasteiger partial charge is 0.245 e. The number of rotatable bonds is 17. The highest BCUT2D eigenvalue weighted by Gasteiger charge is 2.36. The lowest BCUT2D eigenvalue weighted by Gasteiger charge is -2.29. The van der Waals surface area contributed by atoms with Gasteiger partial charge in [0.05, 0.1) is 30.9 Å². The fourth-order valence-electron chi connectivity index (χ4n) is 7.73. The van der Waals surface area contributed by atoms with Crippen LogP contribution in [0.15, 0.2) is 91.1 Å². The molecule has 10 atom stereocenters. The summed E-state index contributed by atoms with van der Waals surface area (Å²) in [6.45, 7) is 2.23. The van der Waals surface area contributed by atoms with Crippen LogP contribution in [-0.4, -0.2) is 147 Å². The van der Waals surface area contributed by atoms with Gasteiger partial charge in [0.1, 0.15) is 36.3 Å². The van der Waals surface area contributed by atoms with Gasteiger partial charge in [0.15, 0.2) is 0 Å². The SMILES string of the molecule is C[C@@H](O)[C@@H]1NC(=O)[C@H](CCCCN)NC(=O)[C@@H](Cc2c[nH]c3ccccc23)N[13C](=O)[13C@H]([13CH2][13c]2[13cH][13cH][13cH][13cH][13cH]2)[15NH]C(=O)[C@@H](NC(=O)[C@H](N)Cc2ccccc2)CSSC[C@@H](C(=O)N[C@H](CO)[C@@H](C)O)NC1=O. The Kier molecular flexibility index (Phi) is 22.2. The summed E-state index contributed by atoms with van der Waals surface area (Å²) >= 11 is 0. The molecular weight excluding hydrogens is 963 g/mol. The number of unbranched alkanes of at least 4 members (excludes halogenated alkanes) is 1. The second kappa shape index (κ2) is 28.1. The van der Waals surface area contributed by atoms with E-state index in [0.29, 0.717) is 24.0 Å². The topological polar surface area (TPSA) is 332 Å².